The molecule has 1 atom stereocenters. The van der Waals surface area contributed by atoms with E-state index in [1.807, 2.05) is 6.07 Å². The van der Waals surface area contributed by atoms with Crippen molar-refractivity contribution >= 4 is 11.9 Å². The molecule has 3 N–H and O–H groups in total. The summed E-state index contributed by atoms with van der Waals surface area (Å²) in [7, 11) is 0. The van der Waals surface area contributed by atoms with E-state index in [0.29, 0.717) is 24.5 Å². The minimum Gasteiger partial charge on any atom is -0.480 e. The maximum Gasteiger partial charge on any atom is 0.317 e. The number of aromatic nitrogens is 2. The van der Waals surface area contributed by atoms with Crippen LogP contribution in [0, 0.1) is 0 Å². The molecule has 1 amide bonds. The molecule has 1 fully saturated rings. The highest BCUT2D eigenvalue weighted by atomic mass is 16.4. The van der Waals surface area contributed by atoms with Crippen LogP contribution in [0.1, 0.15) is 10.4 Å². The number of hydrogen-bond donors (Lipinski definition) is 3. The summed E-state index contributed by atoms with van der Waals surface area (Å²) in [6.45, 7) is 1.05. The SMILES string of the molecule is O=C(O)CN1CCN(C(=O)c2cccc(-c3ncc[nH]3)c2)C[C@@H](O)C1. The Bertz CT molecular complexity index is 747. The van der Waals surface area contributed by atoms with Gasteiger partial charge < -0.3 is 20.1 Å². The molecule has 132 valence electrons. The number of hydrogen-bond acceptors (Lipinski definition) is 5. The first-order chi connectivity index (χ1) is 12.0. The quantitative estimate of drug-likeness (QED) is 0.735. The van der Waals surface area contributed by atoms with E-state index < -0.39 is 12.1 Å². The Morgan fingerprint density at radius 1 is 1.28 bits per heavy atom. The van der Waals surface area contributed by atoms with Gasteiger partial charge in [0.05, 0.1) is 12.6 Å². The van der Waals surface area contributed by atoms with Gasteiger partial charge in [-0.15, -0.1) is 0 Å². The number of imidazole rings is 1. The Balaban J connectivity index is 1.74. The lowest BCUT2D eigenvalue weighted by Crippen LogP contribution is -2.37. The highest BCUT2D eigenvalue weighted by Crippen LogP contribution is 2.18. The standard InChI is InChI=1S/C17H20N4O4/c22-14-9-20(11-15(23)24)6-7-21(10-14)17(25)13-3-1-2-12(8-13)16-18-4-5-19-16/h1-5,8,14,22H,6-7,9-11H2,(H,18,19)(H,23,24)/t14-/m0/s1. The van der Waals surface area contributed by atoms with E-state index in [-0.39, 0.29) is 25.5 Å². The summed E-state index contributed by atoms with van der Waals surface area (Å²) in [5.41, 5.74) is 1.31. The first-order valence-electron chi connectivity index (χ1n) is 8.04. The van der Waals surface area contributed by atoms with Crippen molar-refractivity contribution in [3.05, 3.63) is 42.2 Å². The number of aliphatic carboxylic acids is 1. The van der Waals surface area contributed by atoms with Crippen LogP contribution in [0.2, 0.25) is 0 Å². The van der Waals surface area contributed by atoms with Crippen molar-refractivity contribution in [1.29, 1.82) is 0 Å². The third-order valence-corrected chi connectivity index (χ3v) is 4.11. The zero-order valence-electron chi connectivity index (χ0n) is 13.6. The molecule has 1 aliphatic rings. The van der Waals surface area contributed by atoms with E-state index in [1.54, 1.807) is 40.4 Å². The molecule has 25 heavy (non-hydrogen) atoms. The predicted octanol–water partition coefficient (Wildman–Crippen LogP) is 0.280. The fraction of sp³-hybridized carbons (Fsp3) is 0.353. The van der Waals surface area contributed by atoms with Crippen molar-refractivity contribution in [2.24, 2.45) is 0 Å². The monoisotopic (exact) mass is 344 g/mol. The normalized spacial score (nSPS) is 18.8. The molecule has 0 radical (unpaired) electrons. The summed E-state index contributed by atoms with van der Waals surface area (Å²) >= 11 is 0. The number of rotatable bonds is 4. The van der Waals surface area contributed by atoms with E-state index in [9.17, 15) is 14.7 Å². The fourth-order valence-corrected chi connectivity index (χ4v) is 2.98. The van der Waals surface area contributed by atoms with Gasteiger partial charge >= 0.3 is 5.97 Å². The number of H-pyrrole nitrogens is 1. The number of nitrogens with zero attached hydrogens (tertiary/aromatic N) is 3. The van der Waals surface area contributed by atoms with Gasteiger partial charge in [0.1, 0.15) is 5.82 Å². The minimum absolute atomic E-state index is 0.146. The minimum atomic E-state index is -0.946. The smallest absolute Gasteiger partial charge is 0.317 e. The Morgan fingerprint density at radius 3 is 2.84 bits per heavy atom. The van der Waals surface area contributed by atoms with Crippen LogP contribution >= 0.6 is 0 Å². The Labute approximate surface area is 144 Å². The molecule has 0 spiro atoms. The number of benzene rings is 1. The van der Waals surface area contributed by atoms with E-state index in [1.165, 1.54) is 0 Å². The van der Waals surface area contributed by atoms with Crippen LogP contribution in [0.3, 0.4) is 0 Å². The third-order valence-electron chi connectivity index (χ3n) is 4.11. The third kappa shape index (κ3) is 4.23. The first kappa shape index (κ1) is 17.1. The second kappa shape index (κ2) is 7.45. The van der Waals surface area contributed by atoms with Crippen LogP contribution in [0.5, 0.6) is 0 Å². The van der Waals surface area contributed by atoms with E-state index in [0.717, 1.165) is 5.56 Å². The van der Waals surface area contributed by atoms with Gasteiger partial charge in [-0.1, -0.05) is 12.1 Å². The Kier molecular flexibility index (Phi) is 5.11. The van der Waals surface area contributed by atoms with Gasteiger partial charge in [-0.25, -0.2) is 4.98 Å². The van der Waals surface area contributed by atoms with Crippen molar-refractivity contribution in [2.45, 2.75) is 6.10 Å². The zero-order chi connectivity index (χ0) is 17.8. The number of carbonyl (C=O) groups is 2. The number of carboxylic acids is 1. The molecule has 8 heteroatoms. The van der Waals surface area contributed by atoms with E-state index in [4.69, 9.17) is 5.11 Å². The molecular weight excluding hydrogens is 324 g/mol. The van der Waals surface area contributed by atoms with Crippen LogP contribution < -0.4 is 0 Å². The number of β-amino-alcohol motifs (C(OH)–C–C–N with tert-alkyl or cyclic N) is 1. The predicted molar refractivity (Wildman–Crippen MR) is 90.0 cm³/mol. The van der Waals surface area contributed by atoms with Crippen LogP contribution in [-0.2, 0) is 4.79 Å². The average Bonchev–Trinajstić information content (AvgIpc) is 3.05. The van der Waals surface area contributed by atoms with Gasteiger partial charge in [-0.3, -0.25) is 14.5 Å². The molecule has 2 aromatic rings. The fourth-order valence-electron chi connectivity index (χ4n) is 2.98. The van der Waals surface area contributed by atoms with Gasteiger partial charge in [0.2, 0.25) is 0 Å². The lowest BCUT2D eigenvalue weighted by Gasteiger charge is -2.22. The number of aromatic amines is 1. The summed E-state index contributed by atoms with van der Waals surface area (Å²) in [6.07, 6.45) is 2.58. The van der Waals surface area contributed by atoms with Crippen LogP contribution in [0.25, 0.3) is 11.4 Å². The Hall–Kier alpha value is -2.71. The summed E-state index contributed by atoms with van der Waals surface area (Å²) in [4.78, 5) is 34.0. The van der Waals surface area contributed by atoms with Gasteiger partial charge in [0, 0.05) is 49.7 Å². The van der Waals surface area contributed by atoms with Crippen molar-refractivity contribution < 1.29 is 19.8 Å². The molecule has 2 heterocycles. The summed E-state index contributed by atoms with van der Waals surface area (Å²) in [6, 6.07) is 7.13. The zero-order valence-corrected chi connectivity index (χ0v) is 13.6. The molecule has 0 bridgehead atoms. The number of carboxylic acid groups (broad SMARTS) is 1. The molecule has 1 saturated heterocycles. The molecule has 0 unspecified atom stereocenters. The Morgan fingerprint density at radius 2 is 2.12 bits per heavy atom. The number of aliphatic hydroxyl groups is 1. The van der Waals surface area contributed by atoms with Crippen LogP contribution in [0.4, 0.5) is 0 Å². The number of aliphatic hydroxyl groups excluding tert-OH is 1. The van der Waals surface area contributed by atoms with E-state index >= 15 is 0 Å². The van der Waals surface area contributed by atoms with Gasteiger partial charge in [-0.05, 0) is 12.1 Å². The molecule has 1 aromatic carbocycles. The molecular formula is C17H20N4O4. The second-order valence-electron chi connectivity index (χ2n) is 6.05. The van der Waals surface area contributed by atoms with Crippen molar-refractivity contribution in [3.63, 3.8) is 0 Å². The van der Waals surface area contributed by atoms with Gasteiger partial charge in [0.25, 0.3) is 5.91 Å². The lowest BCUT2D eigenvalue weighted by atomic mass is 10.1. The lowest BCUT2D eigenvalue weighted by molar-refractivity contribution is -0.138. The summed E-state index contributed by atoms with van der Waals surface area (Å²) in [5, 5.41) is 19.0. The average molecular weight is 344 g/mol. The maximum atomic E-state index is 12.8. The second-order valence-corrected chi connectivity index (χ2v) is 6.05. The summed E-state index contributed by atoms with van der Waals surface area (Å²) in [5.74, 6) is -0.457. The number of nitrogens with one attached hydrogen (secondary N) is 1. The molecule has 0 saturated carbocycles. The van der Waals surface area contributed by atoms with Crippen LogP contribution in [-0.4, -0.2) is 80.7 Å². The van der Waals surface area contributed by atoms with Gasteiger partial charge in [-0.2, -0.15) is 0 Å². The molecule has 0 aliphatic carbocycles. The largest absolute Gasteiger partial charge is 0.480 e. The highest BCUT2D eigenvalue weighted by molar-refractivity contribution is 5.95. The highest BCUT2D eigenvalue weighted by Gasteiger charge is 2.26. The topological polar surface area (TPSA) is 110 Å². The molecule has 1 aliphatic heterocycles. The molecule has 8 nitrogen and oxygen atoms in total. The van der Waals surface area contributed by atoms with Crippen molar-refractivity contribution in [3.8, 4) is 11.4 Å². The van der Waals surface area contributed by atoms with Crippen molar-refractivity contribution in [1.82, 2.24) is 19.8 Å². The maximum absolute atomic E-state index is 12.8. The molecule has 3 rings (SSSR count). The molecule has 1 aromatic heterocycles. The van der Waals surface area contributed by atoms with Crippen LogP contribution in [0.15, 0.2) is 36.7 Å². The van der Waals surface area contributed by atoms with Crippen molar-refractivity contribution in [2.75, 3.05) is 32.7 Å². The van der Waals surface area contributed by atoms with E-state index in [2.05, 4.69) is 9.97 Å². The first-order valence-corrected chi connectivity index (χ1v) is 8.04. The summed E-state index contributed by atoms with van der Waals surface area (Å²) < 4.78 is 0. The number of carbonyl (C=O) groups excluding carboxylic acids is 1. The van der Waals surface area contributed by atoms with Gasteiger partial charge in [0.15, 0.2) is 0 Å². The number of amides is 1.